The third-order valence-electron chi connectivity index (χ3n) is 3.30. The Hall–Kier alpha value is -1.89. The minimum Gasteiger partial charge on any atom is -0.493 e. The molecular formula is C17H18Cl2N2O3S. The molecule has 134 valence electrons. The summed E-state index contributed by atoms with van der Waals surface area (Å²) in [5.41, 5.74) is 1.63. The summed E-state index contributed by atoms with van der Waals surface area (Å²) in [5.74, 6) is 1.71. The molecule has 0 amide bonds. The quantitative estimate of drug-likeness (QED) is 0.695. The Morgan fingerprint density at radius 2 is 1.48 bits per heavy atom. The van der Waals surface area contributed by atoms with E-state index in [1.54, 1.807) is 39.5 Å². The van der Waals surface area contributed by atoms with E-state index in [4.69, 9.17) is 49.6 Å². The van der Waals surface area contributed by atoms with Crippen LogP contribution in [0.1, 0.15) is 5.56 Å². The zero-order chi connectivity index (χ0) is 18.4. The van der Waals surface area contributed by atoms with Crippen LogP contribution < -0.4 is 24.8 Å². The van der Waals surface area contributed by atoms with Crippen LogP contribution in [0, 0.1) is 0 Å². The smallest absolute Gasteiger partial charge is 0.203 e. The van der Waals surface area contributed by atoms with Gasteiger partial charge in [0.2, 0.25) is 5.75 Å². The van der Waals surface area contributed by atoms with E-state index in [9.17, 15) is 0 Å². The maximum Gasteiger partial charge on any atom is 0.203 e. The van der Waals surface area contributed by atoms with E-state index >= 15 is 0 Å². The summed E-state index contributed by atoms with van der Waals surface area (Å²) in [6.45, 7) is 0.469. The Bertz CT molecular complexity index is 726. The summed E-state index contributed by atoms with van der Waals surface area (Å²) in [4.78, 5) is 0. The van der Waals surface area contributed by atoms with Crippen LogP contribution in [-0.2, 0) is 6.54 Å². The molecule has 5 nitrogen and oxygen atoms in total. The van der Waals surface area contributed by atoms with Gasteiger partial charge in [-0.1, -0.05) is 23.2 Å². The molecule has 0 aliphatic carbocycles. The van der Waals surface area contributed by atoms with Crippen LogP contribution in [0.4, 0.5) is 5.69 Å². The van der Waals surface area contributed by atoms with Crippen LogP contribution in [0.25, 0.3) is 0 Å². The van der Waals surface area contributed by atoms with Gasteiger partial charge in [-0.15, -0.1) is 0 Å². The van der Waals surface area contributed by atoms with Crippen molar-refractivity contribution in [1.82, 2.24) is 5.32 Å². The molecule has 8 heteroatoms. The number of ether oxygens (including phenoxy) is 3. The normalized spacial score (nSPS) is 10.1. The molecule has 0 radical (unpaired) electrons. The van der Waals surface area contributed by atoms with Gasteiger partial charge in [0.05, 0.1) is 21.3 Å². The van der Waals surface area contributed by atoms with Gasteiger partial charge in [-0.3, -0.25) is 0 Å². The zero-order valence-corrected chi connectivity index (χ0v) is 16.3. The lowest BCUT2D eigenvalue weighted by Crippen LogP contribution is -2.27. The topological polar surface area (TPSA) is 51.8 Å². The van der Waals surface area contributed by atoms with Crippen molar-refractivity contribution in [3.63, 3.8) is 0 Å². The molecule has 0 spiro atoms. The third kappa shape index (κ3) is 5.29. The van der Waals surface area contributed by atoms with Gasteiger partial charge in [-0.25, -0.2) is 0 Å². The fourth-order valence-corrected chi connectivity index (χ4v) is 2.94. The van der Waals surface area contributed by atoms with Gasteiger partial charge in [0, 0.05) is 22.3 Å². The van der Waals surface area contributed by atoms with E-state index in [2.05, 4.69) is 10.6 Å². The van der Waals surface area contributed by atoms with Crippen LogP contribution in [0.3, 0.4) is 0 Å². The number of hydrogen-bond donors (Lipinski definition) is 2. The molecule has 0 fully saturated rings. The van der Waals surface area contributed by atoms with Crippen molar-refractivity contribution < 1.29 is 14.2 Å². The van der Waals surface area contributed by atoms with Crippen molar-refractivity contribution >= 4 is 46.2 Å². The molecule has 0 atom stereocenters. The minimum atomic E-state index is 0.437. The molecule has 0 bridgehead atoms. The molecule has 25 heavy (non-hydrogen) atoms. The van der Waals surface area contributed by atoms with Crippen molar-refractivity contribution in [1.29, 1.82) is 0 Å². The van der Waals surface area contributed by atoms with E-state index in [0.717, 1.165) is 5.56 Å². The number of nitrogens with one attached hydrogen (secondary N) is 2. The van der Waals surface area contributed by atoms with Crippen molar-refractivity contribution in [2.75, 3.05) is 26.6 Å². The molecule has 0 unspecified atom stereocenters. The Morgan fingerprint density at radius 1 is 0.920 bits per heavy atom. The number of anilines is 1. The first kappa shape index (κ1) is 19.4. The first-order valence-corrected chi connectivity index (χ1v) is 8.43. The monoisotopic (exact) mass is 400 g/mol. The highest BCUT2D eigenvalue weighted by Crippen LogP contribution is 2.38. The van der Waals surface area contributed by atoms with Crippen molar-refractivity contribution in [3.05, 3.63) is 45.9 Å². The second kappa shape index (κ2) is 8.99. The van der Waals surface area contributed by atoms with Gasteiger partial charge in [0.1, 0.15) is 0 Å². The fraction of sp³-hybridized carbons (Fsp3) is 0.235. The highest BCUT2D eigenvalue weighted by Gasteiger charge is 2.13. The number of methoxy groups -OCH3 is 3. The largest absolute Gasteiger partial charge is 0.493 e. The Balaban J connectivity index is 2.06. The molecular weight excluding hydrogens is 383 g/mol. The van der Waals surface area contributed by atoms with Crippen LogP contribution in [0.2, 0.25) is 10.0 Å². The minimum absolute atomic E-state index is 0.437. The lowest BCUT2D eigenvalue weighted by molar-refractivity contribution is 0.323. The number of rotatable bonds is 6. The van der Waals surface area contributed by atoms with E-state index < -0.39 is 0 Å². The fourth-order valence-electron chi connectivity index (χ4n) is 2.22. The average Bonchev–Trinajstić information content (AvgIpc) is 2.57. The SMILES string of the molecule is COc1cc(CNC(=S)Nc2cc(Cl)cc(Cl)c2)cc(OC)c1OC. The van der Waals surface area contributed by atoms with Crippen LogP contribution >= 0.6 is 35.4 Å². The van der Waals surface area contributed by atoms with Gasteiger partial charge < -0.3 is 24.8 Å². The Labute approximate surface area is 162 Å². The maximum absolute atomic E-state index is 5.97. The third-order valence-corrected chi connectivity index (χ3v) is 3.98. The maximum atomic E-state index is 5.97. The first-order valence-electron chi connectivity index (χ1n) is 7.26. The molecule has 0 aliphatic heterocycles. The lowest BCUT2D eigenvalue weighted by atomic mass is 10.2. The van der Waals surface area contributed by atoms with Gasteiger partial charge in [0.15, 0.2) is 16.6 Å². The first-order chi connectivity index (χ1) is 12.0. The summed E-state index contributed by atoms with van der Waals surface area (Å²) < 4.78 is 16.0. The molecule has 0 aliphatic rings. The Morgan fingerprint density at radius 3 is 1.96 bits per heavy atom. The van der Waals surface area contributed by atoms with Crippen molar-refractivity contribution in [2.24, 2.45) is 0 Å². The standard InChI is InChI=1S/C17H18Cl2N2O3S/c1-22-14-4-10(5-15(23-2)16(14)24-3)9-20-17(25)21-13-7-11(18)6-12(19)8-13/h4-8H,9H2,1-3H3,(H2,20,21,25). The van der Waals surface area contributed by atoms with Crippen LogP contribution in [0.5, 0.6) is 17.2 Å². The summed E-state index contributed by atoms with van der Waals surface area (Å²) >= 11 is 17.2. The lowest BCUT2D eigenvalue weighted by Gasteiger charge is -2.15. The summed E-state index contributed by atoms with van der Waals surface area (Å²) in [6.07, 6.45) is 0. The van der Waals surface area contributed by atoms with Crippen molar-refractivity contribution in [2.45, 2.75) is 6.54 Å². The molecule has 2 rings (SSSR count). The number of halogens is 2. The molecule has 2 aromatic carbocycles. The van der Waals surface area contributed by atoms with Gasteiger partial charge in [-0.05, 0) is 48.1 Å². The van der Waals surface area contributed by atoms with Crippen molar-refractivity contribution in [3.8, 4) is 17.2 Å². The van der Waals surface area contributed by atoms with E-state index in [0.29, 0.717) is 44.6 Å². The second-order valence-corrected chi connectivity index (χ2v) is 6.28. The summed E-state index contributed by atoms with van der Waals surface area (Å²) in [6, 6.07) is 8.84. The number of benzene rings is 2. The molecule has 0 saturated heterocycles. The molecule has 0 aromatic heterocycles. The predicted octanol–water partition coefficient (Wildman–Crippen LogP) is 4.51. The van der Waals surface area contributed by atoms with Gasteiger partial charge in [-0.2, -0.15) is 0 Å². The van der Waals surface area contributed by atoms with E-state index in [1.165, 1.54) is 0 Å². The molecule has 0 heterocycles. The molecule has 2 N–H and O–H groups in total. The van der Waals surface area contributed by atoms with E-state index in [1.807, 2.05) is 12.1 Å². The highest BCUT2D eigenvalue weighted by molar-refractivity contribution is 7.80. The number of hydrogen-bond acceptors (Lipinski definition) is 4. The van der Waals surface area contributed by atoms with E-state index in [-0.39, 0.29) is 0 Å². The zero-order valence-electron chi connectivity index (χ0n) is 14.0. The summed E-state index contributed by atoms with van der Waals surface area (Å²) in [5, 5.41) is 7.64. The van der Waals surface area contributed by atoms with Gasteiger partial charge in [0.25, 0.3) is 0 Å². The number of thiocarbonyl (C=S) groups is 1. The average molecular weight is 401 g/mol. The molecule has 0 saturated carbocycles. The van der Waals surface area contributed by atoms with Crippen LogP contribution in [0.15, 0.2) is 30.3 Å². The second-order valence-electron chi connectivity index (χ2n) is 5.00. The predicted molar refractivity (Wildman–Crippen MR) is 106 cm³/mol. The highest BCUT2D eigenvalue weighted by atomic mass is 35.5. The van der Waals surface area contributed by atoms with Gasteiger partial charge >= 0.3 is 0 Å². The molecule has 2 aromatic rings. The summed E-state index contributed by atoms with van der Waals surface area (Å²) in [7, 11) is 4.71. The Kier molecular flexibility index (Phi) is 6.99. The van der Waals surface area contributed by atoms with Crippen LogP contribution in [-0.4, -0.2) is 26.4 Å².